The van der Waals surface area contributed by atoms with Gasteiger partial charge in [-0.15, -0.1) is 11.3 Å². The molecule has 3 nitrogen and oxygen atoms in total. The van der Waals surface area contributed by atoms with Gasteiger partial charge in [0, 0.05) is 10.6 Å². The zero-order valence-corrected chi connectivity index (χ0v) is 12.3. The van der Waals surface area contributed by atoms with Crippen LogP contribution in [0, 0.1) is 0 Å². The Morgan fingerprint density at radius 1 is 1.40 bits per heavy atom. The predicted molar refractivity (Wildman–Crippen MR) is 81.7 cm³/mol. The van der Waals surface area contributed by atoms with Crippen LogP contribution < -0.4 is 5.32 Å². The van der Waals surface area contributed by atoms with E-state index >= 15 is 0 Å². The highest BCUT2D eigenvalue weighted by Gasteiger charge is 2.27. The van der Waals surface area contributed by atoms with E-state index in [-0.39, 0.29) is 22.6 Å². The monoisotopic (exact) mass is 307 g/mol. The van der Waals surface area contributed by atoms with Crippen molar-refractivity contribution in [1.82, 2.24) is 0 Å². The molecule has 5 heteroatoms. The summed E-state index contributed by atoms with van der Waals surface area (Å²) >= 11 is 7.57. The molecular weight excluding hydrogens is 294 g/mol. The molecule has 1 aliphatic rings. The molecular formula is C15H14ClNO2S. The van der Waals surface area contributed by atoms with E-state index < -0.39 is 0 Å². The third-order valence-corrected chi connectivity index (χ3v) is 4.88. The van der Waals surface area contributed by atoms with Crippen LogP contribution >= 0.6 is 22.9 Å². The molecule has 1 aromatic carbocycles. The predicted octanol–water partition coefficient (Wildman–Crippen LogP) is 4.17. The second-order valence-corrected chi connectivity index (χ2v) is 6.31. The van der Waals surface area contributed by atoms with E-state index in [9.17, 15) is 9.90 Å². The first-order valence-electron chi connectivity index (χ1n) is 6.51. The zero-order chi connectivity index (χ0) is 14.1. The van der Waals surface area contributed by atoms with Gasteiger partial charge < -0.3 is 10.4 Å². The Balaban J connectivity index is 1.79. The number of anilines is 1. The van der Waals surface area contributed by atoms with Crippen molar-refractivity contribution in [3.05, 3.63) is 45.1 Å². The van der Waals surface area contributed by atoms with Crippen LogP contribution in [0.3, 0.4) is 0 Å². The average molecular weight is 308 g/mol. The van der Waals surface area contributed by atoms with Gasteiger partial charge in [0.1, 0.15) is 5.75 Å². The van der Waals surface area contributed by atoms with Gasteiger partial charge in [0.25, 0.3) is 0 Å². The molecule has 0 bridgehead atoms. The molecule has 1 aliphatic carbocycles. The van der Waals surface area contributed by atoms with E-state index in [2.05, 4.69) is 5.32 Å². The first-order chi connectivity index (χ1) is 9.65. The normalized spacial score (nSPS) is 17.6. The second kappa shape index (κ2) is 5.46. The molecule has 1 atom stereocenters. The quantitative estimate of drug-likeness (QED) is 0.818. The van der Waals surface area contributed by atoms with Crippen molar-refractivity contribution in [2.24, 2.45) is 0 Å². The number of fused-ring (bicyclic) bond motifs is 1. The van der Waals surface area contributed by atoms with E-state index in [0.29, 0.717) is 5.69 Å². The molecule has 0 spiro atoms. The van der Waals surface area contributed by atoms with Crippen molar-refractivity contribution < 1.29 is 9.90 Å². The lowest BCUT2D eigenvalue weighted by atomic mass is 9.87. The molecule has 104 valence electrons. The minimum absolute atomic E-state index is 0.00823. The summed E-state index contributed by atoms with van der Waals surface area (Å²) in [4.78, 5) is 13.7. The van der Waals surface area contributed by atoms with Gasteiger partial charge in [-0.05, 0) is 54.5 Å². The largest absolute Gasteiger partial charge is 0.506 e. The van der Waals surface area contributed by atoms with Gasteiger partial charge in [-0.25, -0.2) is 0 Å². The molecule has 20 heavy (non-hydrogen) atoms. The van der Waals surface area contributed by atoms with Crippen LogP contribution in [-0.4, -0.2) is 11.0 Å². The van der Waals surface area contributed by atoms with Crippen LogP contribution in [0.4, 0.5) is 5.69 Å². The number of carbonyl (C=O) groups excluding carboxylic acids is 1. The number of carbonyl (C=O) groups is 1. The Morgan fingerprint density at radius 2 is 2.25 bits per heavy atom. The average Bonchev–Trinajstić information content (AvgIpc) is 2.91. The smallest absolute Gasteiger partial charge is 0.231 e. The minimum atomic E-state index is -0.0856. The maximum absolute atomic E-state index is 12.4. The molecule has 2 aromatic rings. The van der Waals surface area contributed by atoms with Gasteiger partial charge in [-0.3, -0.25) is 4.79 Å². The van der Waals surface area contributed by atoms with E-state index in [4.69, 9.17) is 11.6 Å². The third-order valence-electron chi connectivity index (χ3n) is 3.58. The number of hydrogen-bond donors (Lipinski definition) is 2. The maximum Gasteiger partial charge on any atom is 0.231 e. The summed E-state index contributed by atoms with van der Waals surface area (Å²) in [6, 6.07) is 6.74. The van der Waals surface area contributed by atoms with Crippen LogP contribution in [0.5, 0.6) is 5.75 Å². The van der Waals surface area contributed by atoms with E-state index in [1.807, 2.05) is 11.4 Å². The van der Waals surface area contributed by atoms with Crippen molar-refractivity contribution in [2.75, 3.05) is 5.32 Å². The molecule has 2 N–H and O–H groups in total. The van der Waals surface area contributed by atoms with Crippen molar-refractivity contribution in [3.63, 3.8) is 0 Å². The van der Waals surface area contributed by atoms with Crippen LogP contribution in [-0.2, 0) is 11.2 Å². The van der Waals surface area contributed by atoms with Crippen LogP contribution in [0.2, 0.25) is 5.02 Å². The van der Waals surface area contributed by atoms with Crippen LogP contribution in [0.1, 0.15) is 29.2 Å². The van der Waals surface area contributed by atoms with Crippen molar-refractivity contribution in [3.8, 4) is 5.75 Å². The molecule has 0 fully saturated rings. The van der Waals surface area contributed by atoms with Crippen molar-refractivity contribution in [2.45, 2.75) is 25.2 Å². The fraction of sp³-hybridized carbons (Fsp3) is 0.267. The number of aromatic hydroxyl groups is 1. The van der Waals surface area contributed by atoms with E-state index in [1.165, 1.54) is 10.9 Å². The highest BCUT2D eigenvalue weighted by molar-refractivity contribution is 7.10. The first-order valence-corrected chi connectivity index (χ1v) is 7.76. The summed E-state index contributed by atoms with van der Waals surface area (Å²) in [6.45, 7) is 0. The van der Waals surface area contributed by atoms with Gasteiger partial charge in [0.15, 0.2) is 0 Å². The summed E-state index contributed by atoms with van der Waals surface area (Å²) in [5.41, 5.74) is 1.77. The number of amides is 1. The van der Waals surface area contributed by atoms with Gasteiger partial charge in [-0.2, -0.15) is 0 Å². The summed E-state index contributed by atoms with van der Waals surface area (Å²) < 4.78 is 0. The fourth-order valence-corrected chi connectivity index (χ4v) is 3.74. The van der Waals surface area contributed by atoms with Gasteiger partial charge in [-0.1, -0.05) is 11.6 Å². The molecule has 1 aromatic heterocycles. The maximum atomic E-state index is 12.4. The van der Waals surface area contributed by atoms with Crippen LogP contribution in [0.25, 0.3) is 0 Å². The number of thiophene rings is 1. The minimum Gasteiger partial charge on any atom is -0.506 e. The molecule has 1 unspecified atom stereocenters. The summed E-state index contributed by atoms with van der Waals surface area (Å²) in [7, 11) is 0. The lowest BCUT2D eigenvalue weighted by Crippen LogP contribution is -2.23. The number of phenols is 1. The number of rotatable bonds is 2. The summed E-state index contributed by atoms with van der Waals surface area (Å²) in [5, 5.41) is 14.6. The summed E-state index contributed by atoms with van der Waals surface area (Å²) in [5.74, 6) is -0.0777. The molecule has 0 saturated carbocycles. The molecule has 1 amide bonds. The van der Waals surface area contributed by atoms with Crippen molar-refractivity contribution in [1.29, 1.82) is 0 Å². The van der Waals surface area contributed by atoms with Gasteiger partial charge >= 0.3 is 0 Å². The SMILES string of the molecule is O=C(Nc1ccc(O)c(Cl)c1)C1CCCc2sccc21. The number of nitrogens with one attached hydrogen (secondary N) is 1. The van der Waals surface area contributed by atoms with E-state index in [0.717, 1.165) is 24.8 Å². The topological polar surface area (TPSA) is 49.3 Å². The molecule has 3 rings (SSSR count). The molecule has 0 saturated heterocycles. The third kappa shape index (κ3) is 2.53. The number of phenolic OH excluding ortho intramolecular Hbond substituents is 1. The summed E-state index contributed by atoms with van der Waals surface area (Å²) in [6.07, 6.45) is 2.99. The molecule has 0 radical (unpaired) electrons. The Bertz CT molecular complexity index is 653. The fourth-order valence-electron chi connectivity index (χ4n) is 2.57. The number of aryl methyl sites for hydroxylation is 1. The standard InChI is InChI=1S/C15H14ClNO2S/c16-12-8-9(4-5-13(12)18)17-15(19)11-2-1-3-14-10(11)6-7-20-14/h4-8,11,18H,1-3H2,(H,17,19). The number of hydrogen-bond acceptors (Lipinski definition) is 3. The molecule has 1 heterocycles. The second-order valence-electron chi connectivity index (χ2n) is 4.90. The lowest BCUT2D eigenvalue weighted by Gasteiger charge is -2.21. The first kappa shape index (κ1) is 13.5. The van der Waals surface area contributed by atoms with Crippen molar-refractivity contribution >= 4 is 34.5 Å². The highest BCUT2D eigenvalue weighted by atomic mass is 35.5. The Hall–Kier alpha value is -1.52. The lowest BCUT2D eigenvalue weighted by molar-refractivity contribution is -0.117. The zero-order valence-electron chi connectivity index (χ0n) is 10.7. The van der Waals surface area contributed by atoms with E-state index in [1.54, 1.807) is 23.5 Å². The Labute approximate surface area is 126 Å². The number of halogens is 1. The Kier molecular flexibility index (Phi) is 3.68. The Morgan fingerprint density at radius 3 is 3.05 bits per heavy atom. The van der Waals surface area contributed by atoms with Gasteiger partial charge in [0.05, 0.1) is 10.9 Å². The molecule has 0 aliphatic heterocycles. The van der Waals surface area contributed by atoms with Gasteiger partial charge in [0.2, 0.25) is 5.91 Å². The number of benzene rings is 1. The highest BCUT2D eigenvalue weighted by Crippen LogP contribution is 2.36. The van der Waals surface area contributed by atoms with Crippen LogP contribution in [0.15, 0.2) is 29.6 Å².